The van der Waals surface area contributed by atoms with Crippen LogP contribution in [-0.2, 0) is 0 Å². The number of nitrogens with one attached hydrogen (secondary N) is 2. The molecular weight excluding hydrogens is 274 g/mol. The lowest BCUT2D eigenvalue weighted by Gasteiger charge is -1.94. The Morgan fingerprint density at radius 2 is 2.20 bits per heavy atom. The van der Waals surface area contributed by atoms with Crippen LogP contribution >= 0.6 is 11.3 Å². The van der Waals surface area contributed by atoms with E-state index in [1.54, 1.807) is 30.0 Å². The van der Waals surface area contributed by atoms with Gasteiger partial charge in [-0.3, -0.25) is 5.10 Å². The molecule has 0 saturated carbocycles. The van der Waals surface area contributed by atoms with Gasteiger partial charge in [-0.1, -0.05) is 0 Å². The van der Waals surface area contributed by atoms with E-state index in [0.29, 0.717) is 11.6 Å². The van der Waals surface area contributed by atoms with Crippen LogP contribution in [0, 0.1) is 0 Å². The molecule has 0 aliphatic carbocycles. The third kappa shape index (κ3) is 1.76. The number of hydrogen-bond acceptors (Lipinski definition) is 5. The molecule has 4 aromatic heterocycles. The van der Waals surface area contributed by atoms with Gasteiger partial charge in [-0.25, -0.2) is 9.97 Å². The lowest BCUT2D eigenvalue weighted by molar-refractivity contribution is 0.580. The van der Waals surface area contributed by atoms with Crippen molar-refractivity contribution in [1.29, 1.82) is 0 Å². The minimum absolute atomic E-state index is 0.706. The third-order valence-corrected chi connectivity index (χ3v) is 3.65. The summed E-state index contributed by atoms with van der Waals surface area (Å²) in [6.07, 6.45) is 5.08. The van der Waals surface area contributed by atoms with Crippen LogP contribution < -0.4 is 0 Å². The maximum Gasteiger partial charge on any atom is 0.156 e. The zero-order valence-electron chi connectivity index (χ0n) is 10.2. The number of rotatable bonds is 3. The maximum absolute atomic E-state index is 5.46. The van der Waals surface area contributed by atoms with E-state index in [1.165, 1.54) is 0 Å². The Labute approximate surface area is 117 Å². The second-order valence-electron chi connectivity index (χ2n) is 4.09. The number of imidazole rings is 1. The van der Waals surface area contributed by atoms with Gasteiger partial charge in [0.1, 0.15) is 22.1 Å². The molecule has 0 radical (unpaired) electrons. The summed E-state index contributed by atoms with van der Waals surface area (Å²) in [4.78, 5) is 12.2. The highest BCUT2D eigenvalue weighted by atomic mass is 32.1. The lowest BCUT2D eigenvalue weighted by Crippen LogP contribution is -1.80. The fourth-order valence-corrected chi connectivity index (χ4v) is 2.62. The highest BCUT2D eigenvalue weighted by Crippen LogP contribution is 2.33. The molecule has 4 aromatic rings. The molecule has 2 N–H and O–H groups in total. The van der Waals surface area contributed by atoms with E-state index in [2.05, 4.69) is 25.1 Å². The molecule has 0 saturated heterocycles. The molecule has 0 atom stereocenters. The highest BCUT2D eigenvalue weighted by molar-refractivity contribution is 7.13. The van der Waals surface area contributed by atoms with Crippen molar-refractivity contribution >= 4 is 11.3 Å². The average Bonchev–Trinajstić information content (AvgIpc) is 3.22. The van der Waals surface area contributed by atoms with Crippen LogP contribution in [0.2, 0.25) is 0 Å². The minimum atomic E-state index is 0.706. The van der Waals surface area contributed by atoms with Gasteiger partial charge in [0.15, 0.2) is 11.6 Å². The smallest absolute Gasteiger partial charge is 0.156 e. The molecule has 20 heavy (non-hydrogen) atoms. The van der Waals surface area contributed by atoms with Gasteiger partial charge in [-0.15, -0.1) is 11.3 Å². The summed E-state index contributed by atoms with van der Waals surface area (Å²) < 4.78 is 5.46. The van der Waals surface area contributed by atoms with Gasteiger partial charge in [-0.05, 0) is 18.2 Å². The SMILES string of the molecule is c1coc(-c2nc(-c3ccn[nH]3)[nH]c2-c2nccs2)c1. The van der Waals surface area contributed by atoms with Crippen LogP contribution in [0.1, 0.15) is 0 Å². The topological polar surface area (TPSA) is 83.4 Å². The zero-order chi connectivity index (χ0) is 13.4. The van der Waals surface area contributed by atoms with E-state index in [4.69, 9.17) is 4.42 Å². The van der Waals surface area contributed by atoms with Crippen LogP contribution in [-0.4, -0.2) is 25.1 Å². The molecule has 98 valence electrons. The van der Waals surface area contributed by atoms with Gasteiger partial charge >= 0.3 is 0 Å². The Kier molecular flexibility index (Phi) is 2.49. The van der Waals surface area contributed by atoms with E-state index in [9.17, 15) is 0 Å². The summed E-state index contributed by atoms with van der Waals surface area (Å²) in [5.74, 6) is 1.41. The van der Waals surface area contributed by atoms with Gasteiger partial charge in [0.2, 0.25) is 0 Å². The summed E-state index contributed by atoms with van der Waals surface area (Å²) in [5, 5.41) is 9.63. The largest absolute Gasteiger partial charge is 0.463 e. The predicted molar refractivity (Wildman–Crippen MR) is 75.0 cm³/mol. The van der Waals surface area contributed by atoms with E-state index in [0.717, 1.165) is 22.1 Å². The van der Waals surface area contributed by atoms with E-state index < -0.39 is 0 Å². The molecule has 0 aliphatic heterocycles. The van der Waals surface area contributed by atoms with Crippen molar-refractivity contribution in [2.24, 2.45) is 0 Å². The molecule has 0 aliphatic rings. The first-order valence-electron chi connectivity index (χ1n) is 5.95. The summed E-state index contributed by atoms with van der Waals surface area (Å²) in [6, 6.07) is 5.58. The van der Waals surface area contributed by atoms with E-state index in [-0.39, 0.29) is 0 Å². The first-order chi connectivity index (χ1) is 9.92. The van der Waals surface area contributed by atoms with Crippen molar-refractivity contribution in [1.82, 2.24) is 25.1 Å². The van der Waals surface area contributed by atoms with Crippen molar-refractivity contribution in [2.45, 2.75) is 0 Å². The van der Waals surface area contributed by atoms with Crippen LogP contribution in [0.3, 0.4) is 0 Å². The second kappa shape index (κ2) is 4.46. The summed E-state index contributed by atoms with van der Waals surface area (Å²) in [5.41, 5.74) is 2.41. The molecule has 0 amide bonds. The zero-order valence-corrected chi connectivity index (χ0v) is 11.0. The normalized spacial score (nSPS) is 11.0. The van der Waals surface area contributed by atoms with Gasteiger partial charge < -0.3 is 9.40 Å². The predicted octanol–water partition coefficient (Wildman–Crippen LogP) is 3.18. The fourth-order valence-electron chi connectivity index (χ4n) is 1.98. The lowest BCUT2D eigenvalue weighted by atomic mass is 10.3. The van der Waals surface area contributed by atoms with Crippen molar-refractivity contribution in [3.05, 3.63) is 42.2 Å². The summed E-state index contributed by atoms with van der Waals surface area (Å²) >= 11 is 1.55. The molecule has 7 heteroatoms. The molecule has 0 unspecified atom stereocenters. The number of aromatic nitrogens is 5. The maximum atomic E-state index is 5.46. The van der Waals surface area contributed by atoms with Gasteiger partial charge in [0, 0.05) is 17.8 Å². The van der Waals surface area contributed by atoms with Gasteiger partial charge in [0.05, 0.1) is 6.26 Å². The molecule has 4 heterocycles. The first kappa shape index (κ1) is 11.2. The molecule has 0 spiro atoms. The third-order valence-electron chi connectivity index (χ3n) is 2.86. The van der Waals surface area contributed by atoms with Crippen molar-refractivity contribution in [3.63, 3.8) is 0 Å². The number of thiazole rings is 1. The van der Waals surface area contributed by atoms with Crippen LogP contribution in [0.15, 0.2) is 46.7 Å². The molecular formula is C13H9N5OS. The Balaban J connectivity index is 1.92. The van der Waals surface area contributed by atoms with Crippen molar-refractivity contribution in [3.8, 4) is 33.7 Å². The molecule has 4 rings (SSSR count). The van der Waals surface area contributed by atoms with Crippen LogP contribution in [0.5, 0.6) is 0 Å². The second-order valence-corrected chi connectivity index (χ2v) is 4.99. The Morgan fingerprint density at radius 1 is 1.20 bits per heavy atom. The molecule has 0 fully saturated rings. The quantitative estimate of drug-likeness (QED) is 0.605. The monoisotopic (exact) mass is 283 g/mol. The Hall–Kier alpha value is -2.67. The summed E-state index contributed by atoms with van der Waals surface area (Å²) in [6.45, 7) is 0. The van der Waals surface area contributed by atoms with Gasteiger partial charge in [-0.2, -0.15) is 5.10 Å². The first-order valence-corrected chi connectivity index (χ1v) is 6.83. The number of aromatic amines is 2. The van der Waals surface area contributed by atoms with Crippen molar-refractivity contribution < 1.29 is 4.42 Å². The summed E-state index contributed by atoms with van der Waals surface area (Å²) in [7, 11) is 0. The fraction of sp³-hybridized carbons (Fsp3) is 0. The van der Waals surface area contributed by atoms with Crippen molar-refractivity contribution in [2.75, 3.05) is 0 Å². The number of nitrogens with zero attached hydrogens (tertiary/aromatic N) is 3. The minimum Gasteiger partial charge on any atom is -0.463 e. The van der Waals surface area contributed by atoms with E-state index >= 15 is 0 Å². The van der Waals surface area contributed by atoms with Crippen LogP contribution in [0.25, 0.3) is 33.7 Å². The molecule has 0 bridgehead atoms. The Morgan fingerprint density at radius 3 is 2.90 bits per heavy atom. The average molecular weight is 283 g/mol. The molecule has 6 nitrogen and oxygen atoms in total. The highest BCUT2D eigenvalue weighted by Gasteiger charge is 2.18. The Bertz CT molecular complexity index is 748. The van der Waals surface area contributed by atoms with Gasteiger partial charge in [0.25, 0.3) is 0 Å². The van der Waals surface area contributed by atoms with Crippen LogP contribution in [0.4, 0.5) is 0 Å². The number of H-pyrrole nitrogens is 2. The standard InChI is InChI=1S/C13H9N5OS/c1-2-9(19-6-1)10-11(13-14-5-7-20-13)17-12(16-10)8-3-4-15-18-8/h1-7H,(H,15,18)(H,16,17). The molecule has 0 aromatic carbocycles. The number of hydrogen-bond donors (Lipinski definition) is 2. The van der Waals surface area contributed by atoms with E-state index in [1.807, 2.05) is 23.6 Å². The number of furan rings is 1.